The lowest BCUT2D eigenvalue weighted by Gasteiger charge is -2.20. The summed E-state index contributed by atoms with van der Waals surface area (Å²) in [6.07, 6.45) is 2.24. The van der Waals surface area contributed by atoms with E-state index in [-0.39, 0.29) is 16.8 Å². The molecule has 0 aromatic heterocycles. The normalized spacial score (nSPS) is 16.5. The third-order valence-corrected chi connectivity index (χ3v) is 6.15. The molecule has 0 saturated heterocycles. The molecule has 0 radical (unpaired) electrons. The maximum Gasteiger partial charge on any atom is 0.240 e. The van der Waals surface area contributed by atoms with Crippen LogP contribution in [0, 0.1) is 0 Å². The molecule has 0 spiro atoms. The Hall–Kier alpha value is -2.18. The number of aryl methyl sites for hydroxylation is 1. The van der Waals surface area contributed by atoms with Gasteiger partial charge in [-0.1, -0.05) is 30.3 Å². The zero-order valence-corrected chi connectivity index (χ0v) is 15.9. The Morgan fingerprint density at radius 1 is 1.19 bits per heavy atom. The van der Waals surface area contributed by atoms with Gasteiger partial charge in [-0.05, 0) is 55.5 Å². The summed E-state index contributed by atoms with van der Waals surface area (Å²) in [7, 11) is -3.54. The highest BCUT2D eigenvalue weighted by Gasteiger charge is 2.30. The average Bonchev–Trinajstić information content (AvgIpc) is 2.94. The third-order valence-electron chi connectivity index (χ3n) is 4.69. The largest absolute Gasteiger partial charge is 0.309 e. The highest BCUT2D eigenvalue weighted by atomic mass is 32.2. The Morgan fingerprint density at radius 3 is 2.62 bits per heavy atom. The van der Waals surface area contributed by atoms with Crippen molar-refractivity contribution in [2.75, 3.05) is 11.4 Å². The minimum atomic E-state index is -3.54. The lowest BCUT2D eigenvalue weighted by molar-refractivity contribution is -0.116. The van der Waals surface area contributed by atoms with Gasteiger partial charge in [0.15, 0.2) is 0 Å². The standard InChI is InChI=1S/C20H24N2O3S/c1-15-13-18-14-19(10-11-20(18)22(15)16(2)23)26(24,25)21-12-6-9-17-7-4-3-5-8-17/h3-5,7-8,10-11,14-15,21H,6,9,12-13H2,1-2H3/t15-/m0/s1. The van der Waals surface area contributed by atoms with Crippen LogP contribution < -0.4 is 9.62 Å². The smallest absolute Gasteiger partial charge is 0.240 e. The fraction of sp³-hybridized carbons (Fsp3) is 0.350. The molecule has 6 heteroatoms. The molecule has 2 aromatic rings. The molecular formula is C20H24N2O3S. The molecule has 26 heavy (non-hydrogen) atoms. The van der Waals surface area contributed by atoms with Gasteiger partial charge in [0.1, 0.15) is 0 Å². The van der Waals surface area contributed by atoms with Gasteiger partial charge in [0.2, 0.25) is 15.9 Å². The molecule has 1 heterocycles. The van der Waals surface area contributed by atoms with E-state index in [1.807, 2.05) is 37.3 Å². The summed E-state index contributed by atoms with van der Waals surface area (Å²) >= 11 is 0. The van der Waals surface area contributed by atoms with Crippen LogP contribution in [0.2, 0.25) is 0 Å². The third kappa shape index (κ3) is 3.97. The van der Waals surface area contributed by atoms with Crippen LogP contribution in [0.3, 0.4) is 0 Å². The molecule has 5 nitrogen and oxygen atoms in total. The maximum atomic E-state index is 12.5. The number of hydrogen-bond acceptors (Lipinski definition) is 3. The second-order valence-corrected chi connectivity index (χ2v) is 8.49. The molecule has 0 saturated carbocycles. The van der Waals surface area contributed by atoms with Crippen molar-refractivity contribution in [3.63, 3.8) is 0 Å². The minimum Gasteiger partial charge on any atom is -0.309 e. The molecule has 1 atom stereocenters. The van der Waals surface area contributed by atoms with E-state index in [0.29, 0.717) is 13.0 Å². The zero-order chi connectivity index (χ0) is 18.7. The highest BCUT2D eigenvalue weighted by molar-refractivity contribution is 7.89. The molecule has 1 aliphatic heterocycles. The first-order valence-electron chi connectivity index (χ1n) is 8.85. The summed E-state index contributed by atoms with van der Waals surface area (Å²) in [4.78, 5) is 13.8. The number of nitrogens with one attached hydrogen (secondary N) is 1. The van der Waals surface area contributed by atoms with Gasteiger partial charge in [0.25, 0.3) is 0 Å². The SMILES string of the molecule is CC(=O)N1c2ccc(S(=O)(=O)NCCCc3ccccc3)cc2C[C@@H]1C. The Labute approximate surface area is 155 Å². The number of carbonyl (C=O) groups is 1. The topological polar surface area (TPSA) is 66.5 Å². The predicted molar refractivity (Wildman–Crippen MR) is 103 cm³/mol. The van der Waals surface area contributed by atoms with Crippen LogP contribution in [-0.4, -0.2) is 26.9 Å². The van der Waals surface area contributed by atoms with Crippen LogP contribution in [0.5, 0.6) is 0 Å². The highest BCUT2D eigenvalue weighted by Crippen LogP contribution is 2.33. The van der Waals surface area contributed by atoms with E-state index in [4.69, 9.17) is 0 Å². The number of carbonyl (C=O) groups excluding carboxylic acids is 1. The van der Waals surface area contributed by atoms with Crippen LogP contribution in [-0.2, 0) is 27.7 Å². The van der Waals surface area contributed by atoms with Gasteiger partial charge in [-0.2, -0.15) is 0 Å². The molecule has 0 fully saturated rings. The van der Waals surface area contributed by atoms with Gasteiger partial charge in [-0.15, -0.1) is 0 Å². The number of sulfonamides is 1. The summed E-state index contributed by atoms with van der Waals surface area (Å²) in [5.41, 5.74) is 2.91. The number of amides is 1. The second-order valence-electron chi connectivity index (χ2n) is 6.72. The van der Waals surface area contributed by atoms with Gasteiger partial charge in [-0.3, -0.25) is 4.79 Å². The zero-order valence-electron chi connectivity index (χ0n) is 15.1. The van der Waals surface area contributed by atoms with Crippen molar-refractivity contribution in [2.24, 2.45) is 0 Å². The van der Waals surface area contributed by atoms with Crippen molar-refractivity contribution in [3.8, 4) is 0 Å². The predicted octanol–water partition coefficient (Wildman–Crippen LogP) is 2.90. The van der Waals surface area contributed by atoms with Gasteiger partial charge in [0, 0.05) is 25.2 Å². The van der Waals surface area contributed by atoms with Crippen molar-refractivity contribution < 1.29 is 13.2 Å². The van der Waals surface area contributed by atoms with Crippen molar-refractivity contribution in [2.45, 2.75) is 44.0 Å². The maximum absolute atomic E-state index is 12.5. The first-order valence-corrected chi connectivity index (χ1v) is 10.3. The summed E-state index contributed by atoms with van der Waals surface area (Å²) in [6.45, 7) is 3.90. The van der Waals surface area contributed by atoms with Crippen LogP contribution in [0.1, 0.15) is 31.4 Å². The molecular weight excluding hydrogens is 348 g/mol. The molecule has 3 rings (SSSR count). The average molecular weight is 372 g/mol. The quantitative estimate of drug-likeness (QED) is 0.793. The minimum absolute atomic E-state index is 0.0223. The van der Waals surface area contributed by atoms with Gasteiger partial charge in [0.05, 0.1) is 4.90 Å². The Morgan fingerprint density at radius 2 is 1.92 bits per heavy atom. The van der Waals surface area contributed by atoms with E-state index < -0.39 is 10.0 Å². The molecule has 0 aliphatic carbocycles. The van der Waals surface area contributed by atoms with E-state index in [9.17, 15) is 13.2 Å². The van der Waals surface area contributed by atoms with Crippen molar-refractivity contribution >= 4 is 21.6 Å². The number of hydrogen-bond donors (Lipinski definition) is 1. The second kappa shape index (κ2) is 7.60. The van der Waals surface area contributed by atoms with Crippen LogP contribution in [0.25, 0.3) is 0 Å². The first-order chi connectivity index (χ1) is 12.4. The van der Waals surface area contributed by atoms with Gasteiger partial charge in [-0.25, -0.2) is 13.1 Å². The van der Waals surface area contributed by atoms with Crippen molar-refractivity contribution in [1.82, 2.24) is 4.72 Å². The first kappa shape index (κ1) is 18.6. The van der Waals surface area contributed by atoms with Crippen LogP contribution in [0.15, 0.2) is 53.4 Å². The van der Waals surface area contributed by atoms with Crippen molar-refractivity contribution in [3.05, 3.63) is 59.7 Å². The summed E-state index contributed by atoms with van der Waals surface area (Å²) in [5, 5.41) is 0. The fourth-order valence-corrected chi connectivity index (χ4v) is 4.61. The molecule has 0 bridgehead atoms. The summed E-state index contributed by atoms with van der Waals surface area (Å²) in [6, 6.07) is 15.1. The Balaban J connectivity index is 1.65. The van der Waals surface area contributed by atoms with E-state index in [1.54, 1.807) is 23.1 Å². The number of nitrogens with zero attached hydrogens (tertiary/aromatic N) is 1. The van der Waals surface area contributed by atoms with Crippen molar-refractivity contribution in [1.29, 1.82) is 0 Å². The van der Waals surface area contributed by atoms with E-state index in [0.717, 1.165) is 24.1 Å². The van der Waals surface area contributed by atoms with E-state index in [1.165, 1.54) is 12.5 Å². The number of benzene rings is 2. The Bertz CT molecular complexity index is 895. The van der Waals surface area contributed by atoms with Crippen LogP contribution >= 0.6 is 0 Å². The van der Waals surface area contributed by atoms with E-state index in [2.05, 4.69) is 4.72 Å². The summed E-state index contributed by atoms with van der Waals surface area (Å²) in [5.74, 6) is -0.0223. The number of rotatable bonds is 6. The molecule has 138 valence electrons. The molecule has 2 aromatic carbocycles. The lowest BCUT2D eigenvalue weighted by atomic mass is 10.1. The summed E-state index contributed by atoms with van der Waals surface area (Å²) < 4.78 is 27.8. The molecule has 1 N–H and O–H groups in total. The number of anilines is 1. The fourth-order valence-electron chi connectivity index (χ4n) is 3.48. The van der Waals surface area contributed by atoms with Gasteiger partial charge >= 0.3 is 0 Å². The van der Waals surface area contributed by atoms with Crippen LogP contribution in [0.4, 0.5) is 5.69 Å². The van der Waals surface area contributed by atoms with Gasteiger partial charge < -0.3 is 4.90 Å². The van der Waals surface area contributed by atoms with E-state index >= 15 is 0 Å². The monoisotopic (exact) mass is 372 g/mol. The molecule has 1 aliphatic rings. The Kier molecular flexibility index (Phi) is 5.44. The molecule has 0 unspecified atom stereocenters. The lowest BCUT2D eigenvalue weighted by Crippen LogP contribution is -2.33. The number of fused-ring (bicyclic) bond motifs is 1. The molecule has 1 amide bonds.